The summed E-state index contributed by atoms with van der Waals surface area (Å²) >= 11 is 0. The summed E-state index contributed by atoms with van der Waals surface area (Å²) in [5.74, 6) is -0.273. The summed E-state index contributed by atoms with van der Waals surface area (Å²) in [5.41, 5.74) is 0.891. The first-order valence-corrected chi connectivity index (χ1v) is 5.82. The fourth-order valence-corrected chi connectivity index (χ4v) is 1.40. The van der Waals surface area contributed by atoms with Gasteiger partial charge in [-0.3, -0.25) is 4.79 Å². The van der Waals surface area contributed by atoms with Gasteiger partial charge in [0.15, 0.2) is 0 Å². The Balaban J connectivity index is 2.21. The Morgan fingerprint density at radius 3 is 2.82 bits per heavy atom. The molecule has 2 N–H and O–H groups in total. The predicted molar refractivity (Wildman–Crippen MR) is 66.3 cm³/mol. The molecule has 0 aliphatic rings. The molecule has 0 aliphatic carbocycles. The lowest BCUT2D eigenvalue weighted by Gasteiger charge is -2.08. The van der Waals surface area contributed by atoms with E-state index in [-0.39, 0.29) is 11.7 Å². The molecule has 0 saturated carbocycles. The van der Waals surface area contributed by atoms with Crippen LogP contribution in [0.25, 0.3) is 0 Å². The Kier molecular flexibility index (Phi) is 5.63. The van der Waals surface area contributed by atoms with Gasteiger partial charge in [0.1, 0.15) is 5.82 Å². The van der Waals surface area contributed by atoms with E-state index in [1.54, 1.807) is 6.07 Å². The number of hydrogen-bond donors (Lipinski definition) is 2. The molecule has 0 fully saturated rings. The van der Waals surface area contributed by atoms with Crippen LogP contribution in [0, 0.1) is 5.82 Å². The van der Waals surface area contributed by atoms with Gasteiger partial charge < -0.3 is 10.6 Å². The molecular weight excluding hydrogens is 219 g/mol. The maximum atomic E-state index is 12.9. The van der Waals surface area contributed by atoms with E-state index >= 15 is 0 Å². The van der Waals surface area contributed by atoms with Gasteiger partial charge >= 0.3 is 0 Å². The van der Waals surface area contributed by atoms with E-state index in [0.29, 0.717) is 25.6 Å². The number of halogens is 1. The van der Waals surface area contributed by atoms with Crippen LogP contribution in [0.3, 0.4) is 0 Å². The minimum absolute atomic E-state index is 0.0323. The highest BCUT2D eigenvalue weighted by Gasteiger charge is 2.01. The van der Waals surface area contributed by atoms with Crippen molar-refractivity contribution in [1.29, 1.82) is 0 Å². The van der Waals surface area contributed by atoms with Gasteiger partial charge in [0, 0.05) is 12.6 Å². The van der Waals surface area contributed by atoms with Crippen LogP contribution in [-0.4, -0.2) is 25.0 Å². The third kappa shape index (κ3) is 6.02. The first kappa shape index (κ1) is 13.6. The van der Waals surface area contributed by atoms with Gasteiger partial charge in [-0.05, 0) is 24.1 Å². The van der Waals surface area contributed by atoms with Crippen molar-refractivity contribution in [3.63, 3.8) is 0 Å². The van der Waals surface area contributed by atoms with Crippen LogP contribution in [-0.2, 0) is 11.2 Å². The van der Waals surface area contributed by atoms with Crippen LogP contribution in [0.15, 0.2) is 24.3 Å². The molecule has 0 aliphatic heterocycles. The second kappa shape index (κ2) is 7.01. The fraction of sp³-hybridized carbons (Fsp3) is 0.462. The number of amides is 1. The lowest BCUT2D eigenvalue weighted by atomic mass is 10.1. The predicted octanol–water partition coefficient (Wildman–Crippen LogP) is 1.48. The molecule has 0 atom stereocenters. The Labute approximate surface area is 101 Å². The van der Waals surface area contributed by atoms with Crippen LogP contribution >= 0.6 is 0 Å². The average molecular weight is 238 g/mol. The van der Waals surface area contributed by atoms with Gasteiger partial charge in [0.2, 0.25) is 5.91 Å². The molecule has 1 amide bonds. The molecule has 1 aromatic rings. The highest BCUT2D eigenvalue weighted by molar-refractivity contribution is 5.77. The molecule has 0 radical (unpaired) electrons. The van der Waals surface area contributed by atoms with Crippen molar-refractivity contribution in [2.75, 3.05) is 13.1 Å². The summed E-state index contributed by atoms with van der Waals surface area (Å²) in [5, 5.41) is 5.81. The van der Waals surface area contributed by atoms with Crippen LogP contribution in [0.2, 0.25) is 0 Å². The molecule has 0 heterocycles. The largest absolute Gasteiger partial charge is 0.355 e. The monoisotopic (exact) mass is 238 g/mol. The molecule has 0 unspecified atom stereocenters. The molecule has 3 nitrogen and oxygen atoms in total. The molecule has 1 aromatic carbocycles. The summed E-state index contributed by atoms with van der Waals surface area (Å²) in [6.45, 7) is 4.82. The van der Waals surface area contributed by atoms with Gasteiger partial charge in [-0.1, -0.05) is 26.0 Å². The molecule has 94 valence electrons. The Hall–Kier alpha value is -1.42. The number of hydrogen-bond acceptors (Lipinski definition) is 2. The first-order valence-electron chi connectivity index (χ1n) is 5.82. The molecule has 17 heavy (non-hydrogen) atoms. The lowest BCUT2D eigenvalue weighted by Crippen LogP contribution is -2.37. The second-order valence-electron chi connectivity index (χ2n) is 4.27. The summed E-state index contributed by atoms with van der Waals surface area (Å²) in [6.07, 6.45) is 0.644. The molecule has 4 heteroatoms. The third-order valence-corrected chi connectivity index (χ3v) is 2.30. The van der Waals surface area contributed by atoms with Crippen LogP contribution < -0.4 is 10.6 Å². The van der Waals surface area contributed by atoms with Crippen molar-refractivity contribution < 1.29 is 9.18 Å². The van der Waals surface area contributed by atoms with Crippen molar-refractivity contribution in [2.45, 2.75) is 26.3 Å². The van der Waals surface area contributed by atoms with Crippen LogP contribution in [0.4, 0.5) is 4.39 Å². The van der Waals surface area contributed by atoms with E-state index in [2.05, 4.69) is 10.6 Å². The van der Waals surface area contributed by atoms with Gasteiger partial charge in [-0.25, -0.2) is 4.39 Å². The van der Waals surface area contributed by atoms with Crippen molar-refractivity contribution in [3.8, 4) is 0 Å². The molecule has 0 aromatic heterocycles. The average Bonchev–Trinajstić information content (AvgIpc) is 2.26. The summed E-state index contributed by atoms with van der Waals surface area (Å²) in [6, 6.07) is 6.71. The minimum atomic E-state index is -0.240. The second-order valence-corrected chi connectivity index (χ2v) is 4.27. The maximum absolute atomic E-state index is 12.9. The number of nitrogens with one attached hydrogen (secondary N) is 2. The quantitative estimate of drug-likeness (QED) is 0.788. The SMILES string of the molecule is CC(C)NCC(=O)NCCc1cccc(F)c1. The van der Waals surface area contributed by atoms with Gasteiger partial charge in [0.25, 0.3) is 0 Å². The molecular formula is C13H19FN2O. The number of benzene rings is 1. The maximum Gasteiger partial charge on any atom is 0.233 e. The minimum Gasteiger partial charge on any atom is -0.355 e. The first-order chi connectivity index (χ1) is 8.08. The number of carbonyl (C=O) groups is 1. The summed E-state index contributed by atoms with van der Waals surface area (Å²) < 4.78 is 12.9. The highest BCUT2D eigenvalue weighted by atomic mass is 19.1. The fourth-order valence-electron chi connectivity index (χ4n) is 1.40. The lowest BCUT2D eigenvalue weighted by molar-refractivity contribution is -0.120. The van der Waals surface area contributed by atoms with E-state index in [1.165, 1.54) is 12.1 Å². The molecule has 0 saturated heterocycles. The zero-order valence-corrected chi connectivity index (χ0v) is 10.3. The zero-order chi connectivity index (χ0) is 12.7. The molecule has 1 rings (SSSR count). The smallest absolute Gasteiger partial charge is 0.233 e. The highest BCUT2D eigenvalue weighted by Crippen LogP contribution is 2.03. The van der Waals surface area contributed by atoms with Gasteiger partial charge in [-0.2, -0.15) is 0 Å². The van der Waals surface area contributed by atoms with E-state index < -0.39 is 0 Å². The van der Waals surface area contributed by atoms with E-state index in [0.717, 1.165) is 5.56 Å². The van der Waals surface area contributed by atoms with E-state index in [9.17, 15) is 9.18 Å². The summed E-state index contributed by atoms with van der Waals surface area (Å²) in [4.78, 5) is 11.4. The number of carbonyl (C=O) groups excluding carboxylic acids is 1. The standard InChI is InChI=1S/C13H19FN2O/c1-10(2)16-9-13(17)15-7-6-11-4-3-5-12(14)8-11/h3-5,8,10,16H,6-7,9H2,1-2H3,(H,15,17). The normalized spacial score (nSPS) is 10.6. The Morgan fingerprint density at radius 2 is 2.18 bits per heavy atom. The zero-order valence-electron chi connectivity index (χ0n) is 10.3. The topological polar surface area (TPSA) is 41.1 Å². The molecule has 0 bridgehead atoms. The van der Waals surface area contributed by atoms with Gasteiger partial charge in [0.05, 0.1) is 6.54 Å². The third-order valence-electron chi connectivity index (χ3n) is 2.30. The van der Waals surface area contributed by atoms with Crippen LogP contribution in [0.5, 0.6) is 0 Å². The van der Waals surface area contributed by atoms with Crippen molar-refractivity contribution in [3.05, 3.63) is 35.6 Å². The van der Waals surface area contributed by atoms with Crippen LogP contribution in [0.1, 0.15) is 19.4 Å². The van der Waals surface area contributed by atoms with Crippen molar-refractivity contribution in [2.24, 2.45) is 0 Å². The summed E-state index contributed by atoms with van der Waals surface area (Å²) in [7, 11) is 0. The Morgan fingerprint density at radius 1 is 1.41 bits per heavy atom. The van der Waals surface area contributed by atoms with Crippen molar-refractivity contribution in [1.82, 2.24) is 10.6 Å². The molecule has 0 spiro atoms. The van der Waals surface area contributed by atoms with E-state index in [4.69, 9.17) is 0 Å². The number of rotatable bonds is 6. The van der Waals surface area contributed by atoms with Gasteiger partial charge in [-0.15, -0.1) is 0 Å². The Bertz CT molecular complexity index is 366. The van der Waals surface area contributed by atoms with E-state index in [1.807, 2.05) is 19.9 Å². The van der Waals surface area contributed by atoms with Crippen molar-refractivity contribution >= 4 is 5.91 Å².